The first-order valence-corrected chi connectivity index (χ1v) is 13.2. The SMILES string of the molecule is COc1c(Nc2cc(NC(=O)C3CC3)ncc2C(N)=O)cccc1-c1cnn([C@@H]2CC[C@]23CCCCO3)c1. The van der Waals surface area contributed by atoms with Gasteiger partial charge in [0, 0.05) is 42.1 Å². The standard InChI is InChI=1S/C28H32N6O4/c1-37-25-19(18-14-31-34(16-18)23-9-11-28(23)10-2-3-12-38-28)5-4-6-21(25)32-22-13-24(30-15-20(22)26(29)35)33-27(36)17-7-8-17/h4-6,13-17,23H,2-3,7-12H2,1H3,(H2,29,35)(H2,30,32,33,36)/t23-,28-/m1/s1. The van der Waals surface area contributed by atoms with Crippen LogP contribution in [0.15, 0.2) is 42.9 Å². The summed E-state index contributed by atoms with van der Waals surface area (Å²) < 4.78 is 14.1. The lowest BCUT2D eigenvalue weighted by molar-refractivity contribution is -0.165. The van der Waals surface area contributed by atoms with Crippen LogP contribution in [0.3, 0.4) is 0 Å². The zero-order chi connectivity index (χ0) is 26.3. The third kappa shape index (κ3) is 4.49. The summed E-state index contributed by atoms with van der Waals surface area (Å²) in [7, 11) is 1.61. The maximum atomic E-state index is 12.2. The second-order valence-electron chi connectivity index (χ2n) is 10.4. The summed E-state index contributed by atoms with van der Waals surface area (Å²) in [5.74, 6) is 0.279. The van der Waals surface area contributed by atoms with Crippen LogP contribution >= 0.6 is 0 Å². The molecule has 3 aliphatic rings. The number of pyridine rings is 1. The Balaban J connectivity index is 1.29. The van der Waals surface area contributed by atoms with E-state index in [1.807, 2.05) is 29.1 Å². The Kier molecular flexibility index (Phi) is 6.27. The lowest BCUT2D eigenvalue weighted by Gasteiger charge is -2.51. The maximum absolute atomic E-state index is 12.2. The molecule has 1 aromatic carbocycles. The van der Waals surface area contributed by atoms with E-state index in [2.05, 4.69) is 21.8 Å². The average Bonchev–Trinajstić information content (AvgIpc) is 3.67. The van der Waals surface area contributed by atoms with Crippen molar-refractivity contribution in [1.82, 2.24) is 14.8 Å². The van der Waals surface area contributed by atoms with Crippen molar-refractivity contribution in [2.45, 2.75) is 56.6 Å². The molecule has 0 bridgehead atoms. The fraction of sp³-hybridized carbons (Fsp3) is 0.429. The summed E-state index contributed by atoms with van der Waals surface area (Å²) in [6.07, 6.45) is 12.6. The largest absolute Gasteiger partial charge is 0.494 e. The van der Waals surface area contributed by atoms with Gasteiger partial charge in [0.1, 0.15) is 11.6 Å². The lowest BCUT2D eigenvalue weighted by atomic mass is 9.70. The number of carbonyl (C=O) groups is 2. The van der Waals surface area contributed by atoms with Crippen LogP contribution < -0.4 is 21.1 Å². The number of amides is 2. The Labute approximate surface area is 220 Å². The molecule has 3 aromatic rings. The van der Waals surface area contributed by atoms with E-state index in [1.54, 1.807) is 13.2 Å². The topological polar surface area (TPSA) is 133 Å². The first-order valence-electron chi connectivity index (χ1n) is 13.2. The summed E-state index contributed by atoms with van der Waals surface area (Å²) in [6.45, 7) is 0.820. The molecule has 3 fully saturated rings. The molecule has 10 heteroatoms. The van der Waals surface area contributed by atoms with Gasteiger partial charge in [0.05, 0.1) is 41.9 Å². The fourth-order valence-corrected chi connectivity index (χ4v) is 5.58. The highest BCUT2D eigenvalue weighted by Gasteiger charge is 2.50. The molecule has 0 radical (unpaired) electrons. The Bertz CT molecular complexity index is 1380. The van der Waals surface area contributed by atoms with E-state index in [1.165, 1.54) is 12.6 Å². The van der Waals surface area contributed by atoms with E-state index in [-0.39, 0.29) is 29.0 Å². The highest BCUT2D eigenvalue weighted by Crippen LogP contribution is 2.50. The van der Waals surface area contributed by atoms with Crippen LogP contribution in [0.2, 0.25) is 0 Å². The normalized spacial score (nSPS) is 22.5. The number of methoxy groups -OCH3 is 1. The van der Waals surface area contributed by atoms with Gasteiger partial charge >= 0.3 is 0 Å². The molecule has 1 spiro atoms. The van der Waals surface area contributed by atoms with Gasteiger partial charge in [-0.2, -0.15) is 5.10 Å². The van der Waals surface area contributed by atoms with Crippen LogP contribution in [0.1, 0.15) is 61.3 Å². The maximum Gasteiger partial charge on any atom is 0.252 e. The van der Waals surface area contributed by atoms with E-state index in [0.717, 1.165) is 56.3 Å². The van der Waals surface area contributed by atoms with Crippen LogP contribution in [0.5, 0.6) is 5.75 Å². The lowest BCUT2D eigenvalue weighted by Crippen LogP contribution is -2.52. The quantitative estimate of drug-likeness (QED) is 0.404. The molecule has 0 unspecified atom stereocenters. The second kappa shape index (κ2) is 9.75. The van der Waals surface area contributed by atoms with Gasteiger partial charge in [-0.3, -0.25) is 14.3 Å². The molecule has 2 saturated carbocycles. The minimum absolute atomic E-state index is 0.0289. The number of hydrogen-bond acceptors (Lipinski definition) is 7. The van der Waals surface area contributed by atoms with Gasteiger partial charge in [-0.05, 0) is 51.0 Å². The van der Waals surface area contributed by atoms with Gasteiger partial charge in [-0.1, -0.05) is 12.1 Å². The van der Waals surface area contributed by atoms with E-state index in [4.69, 9.17) is 20.3 Å². The fourth-order valence-electron chi connectivity index (χ4n) is 5.58. The zero-order valence-electron chi connectivity index (χ0n) is 21.4. The van der Waals surface area contributed by atoms with Gasteiger partial charge in [0.2, 0.25) is 5.91 Å². The summed E-state index contributed by atoms with van der Waals surface area (Å²) in [5, 5.41) is 10.8. The van der Waals surface area contributed by atoms with Crippen LogP contribution in [0.4, 0.5) is 17.2 Å². The van der Waals surface area contributed by atoms with E-state index in [9.17, 15) is 9.59 Å². The van der Waals surface area contributed by atoms with E-state index in [0.29, 0.717) is 22.9 Å². The van der Waals surface area contributed by atoms with Crippen molar-refractivity contribution < 1.29 is 19.1 Å². The van der Waals surface area contributed by atoms with Crippen LogP contribution in [0.25, 0.3) is 11.1 Å². The number of nitrogens with zero attached hydrogens (tertiary/aromatic N) is 3. The molecular weight excluding hydrogens is 484 g/mol. The number of carbonyl (C=O) groups excluding carboxylic acids is 2. The molecule has 1 aliphatic heterocycles. The number of aromatic nitrogens is 3. The minimum Gasteiger partial charge on any atom is -0.494 e. The van der Waals surface area contributed by atoms with Crippen molar-refractivity contribution in [2.24, 2.45) is 11.7 Å². The van der Waals surface area contributed by atoms with Gasteiger partial charge < -0.3 is 25.8 Å². The number of primary amides is 1. The third-order valence-corrected chi connectivity index (χ3v) is 7.92. The zero-order valence-corrected chi connectivity index (χ0v) is 21.4. The van der Waals surface area contributed by atoms with Gasteiger partial charge in [-0.15, -0.1) is 0 Å². The molecule has 1 saturated heterocycles. The highest BCUT2D eigenvalue weighted by atomic mass is 16.5. The number of rotatable bonds is 8. The molecule has 38 heavy (non-hydrogen) atoms. The molecule has 198 valence electrons. The van der Waals surface area contributed by atoms with E-state index < -0.39 is 5.91 Å². The molecule has 10 nitrogen and oxygen atoms in total. The molecule has 2 aromatic heterocycles. The monoisotopic (exact) mass is 516 g/mol. The summed E-state index contributed by atoms with van der Waals surface area (Å²) in [5.41, 5.74) is 8.58. The minimum atomic E-state index is -0.629. The van der Waals surface area contributed by atoms with Gasteiger partial charge in [-0.25, -0.2) is 4.98 Å². The number of anilines is 3. The Morgan fingerprint density at radius 1 is 1.16 bits per heavy atom. The Hall–Kier alpha value is -3.92. The molecule has 2 aliphatic carbocycles. The summed E-state index contributed by atoms with van der Waals surface area (Å²) in [4.78, 5) is 28.6. The predicted octanol–water partition coefficient (Wildman–Crippen LogP) is 4.42. The predicted molar refractivity (Wildman–Crippen MR) is 142 cm³/mol. The molecule has 4 N–H and O–H groups in total. The van der Waals surface area contributed by atoms with Gasteiger partial charge in [0.25, 0.3) is 5.91 Å². The van der Waals surface area contributed by atoms with Crippen molar-refractivity contribution in [1.29, 1.82) is 0 Å². The van der Waals surface area contributed by atoms with Crippen molar-refractivity contribution in [3.63, 3.8) is 0 Å². The first kappa shape index (κ1) is 24.4. The average molecular weight is 517 g/mol. The van der Waals surface area contributed by atoms with Gasteiger partial charge in [0.15, 0.2) is 0 Å². The molecule has 2 amide bonds. The number of nitrogens with one attached hydrogen (secondary N) is 2. The first-order chi connectivity index (χ1) is 18.5. The number of hydrogen-bond donors (Lipinski definition) is 3. The molecule has 6 rings (SSSR count). The Morgan fingerprint density at radius 3 is 2.71 bits per heavy atom. The highest BCUT2D eigenvalue weighted by molar-refractivity contribution is 6.01. The Morgan fingerprint density at radius 2 is 2.03 bits per heavy atom. The van der Waals surface area contributed by atoms with Crippen LogP contribution in [-0.4, -0.2) is 45.9 Å². The number of nitrogens with two attached hydrogens (primary N) is 1. The van der Waals surface area contributed by atoms with Crippen molar-refractivity contribution >= 4 is 29.0 Å². The van der Waals surface area contributed by atoms with Crippen LogP contribution in [0, 0.1) is 5.92 Å². The second-order valence-corrected chi connectivity index (χ2v) is 10.4. The number of ether oxygens (including phenoxy) is 2. The van der Waals surface area contributed by atoms with Crippen LogP contribution in [-0.2, 0) is 9.53 Å². The summed E-state index contributed by atoms with van der Waals surface area (Å²) in [6, 6.07) is 7.60. The number of para-hydroxylation sites is 1. The third-order valence-electron chi connectivity index (χ3n) is 7.92. The van der Waals surface area contributed by atoms with Crippen molar-refractivity contribution in [3.05, 3.63) is 48.4 Å². The smallest absolute Gasteiger partial charge is 0.252 e. The van der Waals surface area contributed by atoms with E-state index >= 15 is 0 Å². The molecular formula is C28H32N6O4. The van der Waals surface area contributed by atoms with Crippen molar-refractivity contribution in [3.8, 4) is 16.9 Å². The molecule has 3 heterocycles. The van der Waals surface area contributed by atoms with Crippen molar-refractivity contribution in [2.75, 3.05) is 24.4 Å². The summed E-state index contributed by atoms with van der Waals surface area (Å²) >= 11 is 0. The number of benzene rings is 1. The molecule has 2 atom stereocenters.